The molecule has 1 aromatic rings. The van der Waals surface area contributed by atoms with Crippen LogP contribution in [0.3, 0.4) is 0 Å². The molecule has 1 aliphatic heterocycles. The molecule has 1 aliphatic rings. The summed E-state index contributed by atoms with van der Waals surface area (Å²) in [6, 6.07) is 9.87. The van der Waals surface area contributed by atoms with Crippen LogP contribution in [0, 0.1) is 0 Å². The highest BCUT2D eigenvalue weighted by atomic mass is 16.4. The van der Waals surface area contributed by atoms with Crippen LogP contribution in [0.25, 0.3) is 6.08 Å². The normalized spacial score (nSPS) is 17.6. The Balaban J connectivity index is 1.75. The highest BCUT2D eigenvalue weighted by Crippen LogP contribution is 2.23. The molecule has 2 N–H and O–H groups in total. The molecular formula is C17H21NO4. The molecule has 0 atom stereocenters. The Morgan fingerprint density at radius 2 is 1.82 bits per heavy atom. The van der Waals surface area contributed by atoms with E-state index in [1.54, 1.807) is 4.90 Å². The lowest BCUT2D eigenvalue weighted by molar-refractivity contribution is -0.165. The summed E-state index contributed by atoms with van der Waals surface area (Å²) in [5, 5.41) is 18.8. The predicted octanol–water partition coefficient (Wildman–Crippen LogP) is 1.92. The number of aliphatic hydroxyl groups is 1. The van der Waals surface area contributed by atoms with Gasteiger partial charge in [0.15, 0.2) is 5.60 Å². The third kappa shape index (κ3) is 4.18. The molecule has 1 heterocycles. The van der Waals surface area contributed by atoms with Gasteiger partial charge in [0, 0.05) is 32.4 Å². The molecule has 0 aromatic heterocycles. The minimum absolute atomic E-state index is 0.00477. The largest absolute Gasteiger partial charge is 0.479 e. The number of aliphatic carboxylic acids is 1. The fourth-order valence-corrected chi connectivity index (χ4v) is 2.49. The summed E-state index contributed by atoms with van der Waals surface area (Å²) in [6.45, 7) is 0.591. The van der Waals surface area contributed by atoms with Gasteiger partial charge in [0.1, 0.15) is 0 Å². The number of likely N-dealkylation sites (tertiary alicyclic amines) is 1. The van der Waals surface area contributed by atoms with E-state index in [2.05, 4.69) is 0 Å². The summed E-state index contributed by atoms with van der Waals surface area (Å²) < 4.78 is 0. The second-order valence-corrected chi connectivity index (χ2v) is 5.57. The molecule has 1 saturated heterocycles. The first-order valence-corrected chi connectivity index (χ1v) is 7.46. The summed E-state index contributed by atoms with van der Waals surface area (Å²) in [6.07, 6.45) is 5.17. The van der Waals surface area contributed by atoms with E-state index in [-0.39, 0.29) is 18.7 Å². The number of piperidine rings is 1. The van der Waals surface area contributed by atoms with Gasteiger partial charge in [0.05, 0.1) is 0 Å². The monoisotopic (exact) mass is 303 g/mol. The number of carboxylic acids is 1. The van der Waals surface area contributed by atoms with Crippen molar-refractivity contribution in [1.82, 2.24) is 4.90 Å². The summed E-state index contributed by atoms with van der Waals surface area (Å²) in [7, 11) is 0. The number of hydrogen-bond donors (Lipinski definition) is 2. The van der Waals surface area contributed by atoms with E-state index < -0.39 is 11.6 Å². The van der Waals surface area contributed by atoms with Crippen molar-refractivity contribution in [3.63, 3.8) is 0 Å². The topological polar surface area (TPSA) is 77.8 Å². The van der Waals surface area contributed by atoms with Gasteiger partial charge in [-0.25, -0.2) is 4.79 Å². The second-order valence-electron chi connectivity index (χ2n) is 5.57. The first kappa shape index (κ1) is 16.2. The van der Waals surface area contributed by atoms with E-state index in [1.807, 2.05) is 42.5 Å². The van der Waals surface area contributed by atoms with Gasteiger partial charge in [-0.05, 0) is 12.0 Å². The number of carbonyl (C=O) groups is 2. The summed E-state index contributed by atoms with van der Waals surface area (Å²) in [4.78, 5) is 24.6. The molecule has 1 fully saturated rings. The second kappa shape index (κ2) is 7.22. The Bertz CT molecular complexity index is 545. The molecule has 5 heteroatoms. The molecule has 1 aromatic carbocycles. The van der Waals surface area contributed by atoms with Crippen LogP contribution in [0.1, 0.15) is 31.2 Å². The van der Waals surface area contributed by atoms with Gasteiger partial charge in [-0.3, -0.25) is 4.79 Å². The van der Waals surface area contributed by atoms with Gasteiger partial charge >= 0.3 is 5.97 Å². The lowest BCUT2D eigenvalue weighted by Crippen LogP contribution is -2.50. The quantitative estimate of drug-likeness (QED) is 0.871. The predicted molar refractivity (Wildman–Crippen MR) is 83.1 cm³/mol. The maximum absolute atomic E-state index is 12.1. The fraction of sp³-hybridized carbons (Fsp3) is 0.412. The summed E-state index contributed by atoms with van der Waals surface area (Å²) >= 11 is 0. The van der Waals surface area contributed by atoms with Crippen LogP contribution in [0.4, 0.5) is 0 Å². The van der Waals surface area contributed by atoms with Gasteiger partial charge in [0.2, 0.25) is 5.91 Å². The lowest BCUT2D eigenvalue weighted by atomic mass is 9.91. The Kier molecular flexibility index (Phi) is 5.33. The Hall–Kier alpha value is -2.14. The Labute approximate surface area is 129 Å². The van der Waals surface area contributed by atoms with Crippen LogP contribution in [0.5, 0.6) is 0 Å². The van der Waals surface area contributed by atoms with Gasteiger partial charge in [-0.1, -0.05) is 42.5 Å². The van der Waals surface area contributed by atoms with Crippen LogP contribution in [-0.4, -0.2) is 45.7 Å². The van der Waals surface area contributed by atoms with Crippen LogP contribution in [0.15, 0.2) is 36.4 Å². The molecular weight excluding hydrogens is 282 g/mol. The number of carbonyl (C=O) groups excluding carboxylic acids is 1. The summed E-state index contributed by atoms with van der Waals surface area (Å²) in [5.74, 6) is -1.20. The number of benzene rings is 1. The van der Waals surface area contributed by atoms with Crippen molar-refractivity contribution in [3.8, 4) is 0 Å². The fourth-order valence-electron chi connectivity index (χ4n) is 2.49. The number of amides is 1. The van der Waals surface area contributed by atoms with Crippen molar-refractivity contribution in [2.45, 2.75) is 31.3 Å². The zero-order valence-electron chi connectivity index (χ0n) is 12.4. The smallest absolute Gasteiger partial charge is 0.335 e. The highest BCUT2D eigenvalue weighted by Gasteiger charge is 2.40. The average Bonchev–Trinajstić information content (AvgIpc) is 2.53. The van der Waals surface area contributed by atoms with Gasteiger partial charge in [-0.15, -0.1) is 0 Å². The number of nitrogens with zero attached hydrogens (tertiary/aromatic N) is 1. The molecule has 2 rings (SSSR count). The summed E-state index contributed by atoms with van der Waals surface area (Å²) in [5.41, 5.74) is -0.580. The van der Waals surface area contributed by atoms with Crippen molar-refractivity contribution in [1.29, 1.82) is 0 Å². The van der Waals surface area contributed by atoms with Gasteiger partial charge in [0.25, 0.3) is 0 Å². The lowest BCUT2D eigenvalue weighted by Gasteiger charge is -2.35. The molecule has 0 saturated carbocycles. The standard InChI is InChI=1S/C17H21NO4/c19-15(9-5-4-8-14-6-2-1-3-7-14)18-12-10-17(22,11-13-18)16(20)21/h1-4,6-8,22H,5,9-13H2,(H,20,21)/b8-4+. The third-order valence-electron chi connectivity index (χ3n) is 3.98. The average molecular weight is 303 g/mol. The molecule has 0 bridgehead atoms. The van der Waals surface area contributed by atoms with E-state index in [0.717, 1.165) is 5.56 Å². The minimum atomic E-state index is -1.68. The molecule has 0 aliphatic carbocycles. The zero-order chi connectivity index (χ0) is 16.0. The first-order chi connectivity index (χ1) is 10.5. The van der Waals surface area contributed by atoms with E-state index in [4.69, 9.17) is 5.11 Å². The van der Waals surface area contributed by atoms with E-state index in [9.17, 15) is 14.7 Å². The Morgan fingerprint density at radius 3 is 2.41 bits per heavy atom. The highest BCUT2D eigenvalue weighted by molar-refractivity contribution is 5.79. The van der Waals surface area contributed by atoms with Crippen LogP contribution < -0.4 is 0 Å². The van der Waals surface area contributed by atoms with E-state index in [1.165, 1.54) is 0 Å². The molecule has 1 amide bonds. The molecule has 22 heavy (non-hydrogen) atoms. The van der Waals surface area contributed by atoms with Crippen molar-refractivity contribution in [3.05, 3.63) is 42.0 Å². The third-order valence-corrected chi connectivity index (χ3v) is 3.98. The van der Waals surface area contributed by atoms with E-state index in [0.29, 0.717) is 25.9 Å². The number of hydrogen-bond acceptors (Lipinski definition) is 3. The van der Waals surface area contributed by atoms with Crippen LogP contribution in [-0.2, 0) is 9.59 Å². The maximum atomic E-state index is 12.1. The zero-order valence-corrected chi connectivity index (χ0v) is 12.4. The number of carboxylic acid groups (broad SMARTS) is 1. The van der Waals surface area contributed by atoms with Crippen molar-refractivity contribution in [2.24, 2.45) is 0 Å². The van der Waals surface area contributed by atoms with Crippen molar-refractivity contribution >= 4 is 18.0 Å². The van der Waals surface area contributed by atoms with Crippen molar-refractivity contribution in [2.75, 3.05) is 13.1 Å². The van der Waals surface area contributed by atoms with Gasteiger partial charge in [-0.2, -0.15) is 0 Å². The molecule has 5 nitrogen and oxygen atoms in total. The van der Waals surface area contributed by atoms with Crippen LogP contribution in [0.2, 0.25) is 0 Å². The van der Waals surface area contributed by atoms with E-state index >= 15 is 0 Å². The molecule has 118 valence electrons. The maximum Gasteiger partial charge on any atom is 0.335 e. The number of allylic oxidation sites excluding steroid dienone is 1. The van der Waals surface area contributed by atoms with Crippen LogP contribution >= 0.6 is 0 Å². The number of rotatable bonds is 5. The van der Waals surface area contributed by atoms with Gasteiger partial charge < -0.3 is 15.1 Å². The molecule has 0 unspecified atom stereocenters. The minimum Gasteiger partial charge on any atom is -0.479 e. The molecule has 0 radical (unpaired) electrons. The SMILES string of the molecule is O=C(CC/C=C/c1ccccc1)N1CCC(O)(C(=O)O)CC1. The Morgan fingerprint density at radius 1 is 1.18 bits per heavy atom. The molecule has 0 spiro atoms. The first-order valence-electron chi connectivity index (χ1n) is 7.46. The van der Waals surface area contributed by atoms with Crippen molar-refractivity contribution < 1.29 is 19.8 Å².